The molecule has 1 saturated heterocycles. The van der Waals surface area contributed by atoms with Gasteiger partial charge in [-0.3, -0.25) is 4.79 Å². The number of hydrogen-bond donors (Lipinski definition) is 2. The topological polar surface area (TPSA) is 66.6 Å². The molecule has 2 rings (SSSR count). The highest BCUT2D eigenvalue weighted by molar-refractivity contribution is 7.80. The van der Waals surface area contributed by atoms with Crippen LogP contribution in [0.15, 0.2) is 0 Å². The van der Waals surface area contributed by atoms with Crippen LogP contribution in [-0.2, 0) is 4.79 Å². The van der Waals surface area contributed by atoms with Crippen LogP contribution in [0.1, 0.15) is 51.9 Å². The maximum Gasteiger partial charge on any atom is 0.235 e. The Morgan fingerprint density at radius 2 is 1.84 bits per heavy atom. The van der Waals surface area contributed by atoms with Crippen LogP contribution >= 0.6 is 12.2 Å². The van der Waals surface area contributed by atoms with Gasteiger partial charge >= 0.3 is 0 Å². The average molecular weight is 284 g/mol. The monoisotopic (exact) mass is 284 g/mol. The second kappa shape index (κ2) is 5.37. The maximum absolute atomic E-state index is 12.9. The molecule has 2 fully saturated rings. The van der Waals surface area contributed by atoms with Crippen LogP contribution in [-0.4, -0.2) is 39.6 Å². The number of aliphatic hydroxyl groups is 1. The van der Waals surface area contributed by atoms with Gasteiger partial charge in [0.25, 0.3) is 0 Å². The summed E-state index contributed by atoms with van der Waals surface area (Å²) >= 11 is 5.20. The molecule has 0 aromatic heterocycles. The molecule has 1 saturated carbocycles. The average Bonchev–Trinajstić information content (AvgIpc) is 2.37. The Morgan fingerprint density at radius 1 is 1.21 bits per heavy atom. The van der Waals surface area contributed by atoms with Crippen molar-refractivity contribution in [3.63, 3.8) is 0 Å². The number of hydrogen-bond acceptors (Lipinski definition) is 3. The van der Waals surface area contributed by atoms with Gasteiger partial charge in [0.1, 0.15) is 0 Å². The SMILES string of the molecule is CC1(O)CCCN(C(=O)C2(C(N)=S)CCCCC2)C1. The second-order valence-electron chi connectivity index (χ2n) is 6.33. The molecule has 0 aromatic rings. The molecule has 4 nitrogen and oxygen atoms in total. The zero-order chi connectivity index (χ0) is 14.1. The number of amides is 1. The van der Waals surface area contributed by atoms with E-state index < -0.39 is 11.0 Å². The minimum Gasteiger partial charge on any atom is -0.392 e. The van der Waals surface area contributed by atoms with Crippen molar-refractivity contribution in [2.75, 3.05) is 13.1 Å². The number of piperidine rings is 1. The summed E-state index contributed by atoms with van der Waals surface area (Å²) < 4.78 is 0. The molecule has 1 aliphatic carbocycles. The van der Waals surface area contributed by atoms with Crippen molar-refractivity contribution in [1.29, 1.82) is 0 Å². The molecule has 1 aliphatic heterocycles. The van der Waals surface area contributed by atoms with Crippen LogP contribution in [0.3, 0.4) is 0 Å². The quantitative estimate of drug-likeness (QED) is 0.756. The lowest BCUT2D eigenvalue weighted by atomic mass is 9.72. The zero-order valence-electron chi connectivity index (χ0n) is 11.7. The predicted molar refractivity (Wildman–Crippen MR) is 78.7 cm³/mol. The number of likely N-dealkylation sites (tertiary alicyclic amines) is 1. The molecule has 2 aliphatic rings. The van der Waals surface area contributed by atoms with E-state index in [0.717, 1.165) is 44.9 Å². The van der Waals surface area contributed by atoms with E-state index in [1.54, 1.807) is 11.8 Å². The van der Waals surface area contributed by atoms with E-state index >= 15 is 0 Å². The third-order valence-electron chi connectivity index (χ3n) is 4.55. The fourth-order valence-corrected chi connectivity index (χ4v) is 3.71. The van der Waals surface area contributed by atoms with Crippen molar-refractivity contribution in [3.05, 3.63) is 0 Å². The molecular weight excluding hydrogens is 260 g/mol. The van der Waals surface area contributed by atoms with Gasteiger partial charge in [-0.15, -0.1) is 0 Å². The number of β-amino-alcohol motifs (C(OH)–C–C–N with tert-alkyl or cyclic N) is 1. The van der Waals surface area contributed by atoms with Gasteiger partial charge in [-0.25, -0.2) is 0 Å². The first-order chi connectivity index (χ1) is 8.87. The number of rotatable bonds is 2. The summed E-state index contributed by atoms with van der Waals surface area (Å²) in [7, 11) is 0. The Labute approximate surface area is 120 Å². The lowest BCUT2D eigenvalue weighted by Crippen LogP contribution is -2.56. The summed E-state index contributed by atoms with van der Waals surface area (Å²) in [5.41, 5.74) is 4.47. The molecule has 0 aromatic carbocycles. The van der Waals surface area contributed by atoms with E-state index in [2.05, 4.69) is 0 Å². The first-order valence-electron chi connectivity index (χ1n) is 7.19. The third-order valence-corrected chi connectivity index (χ3v) is 4.94. The summed E-state index contributed by atoms with van der Waals surface area (Å²) in [4.78, 5) is 15.0. The van der Waals surface area contributed by atoms with E-state index in [1.807, 2.05) is 0 Å². The summed E-state index contributed by atoms with van der Waals surface area (Å²) in [5, 5.41) is 10.2. The summed E-state index contributed by atoms with van der Waals surface area (Å²) in [5.74, 6) is 0.0414. The third kappa shape index (κ3) is 2.92. The van der Waals surface area contributed by atoms with Gasteiger partial charge in [-0.05, 0) is 32.6 Å². The minimum atomic E-state index is -0.778. The van der Waals surface area contributed by atoms with E-state index in [-0.39, 0.29) is 5.91 Å². The van der Waals surface area contributed by atoms with E-state index in [4.69, 9.17) is 18.0 Å². The van der Waals surface area contributed by atoms with Crippen molar-refractivity contribution in [2.24, 2.45) is 11.1 Å². The van der Waals surface area contributed by atoms with Gasteiger partial charge < -0.3 is 15.7 Å². The molecule has 1 amide bonds. The summed E-state index contributed by atoms with van der Waals surface area (Å²) in [6, 6.07) is 0. The lowest BCUT2D eigenvalue weighted by Gasteiger charge is -2.43. The first kappa shape index (κ1) is 14.7. The Balaban J connectivity index is 2.18. The number of thiocarbonyl (C=S) groups is 1. The van der Waals surface area contributed by atoms with Gasteiger partial charge in [-0.2, -0.15) is 0 Å². The van der Waals surface area contributed by atoms with Crippen LogP contribution in [0.4, 0.5) is 0 Å². The largest absolute Gasteiger partial charge is 0.392 e. The van der Waals surface area contributed by atoms with Crippen LogP contribution < -0.4 is 5.73 Å². The van der Waals surface area contributed by atoms with Crippen LogP contribution in [0.5, 0.6) is 0 Å². The van der Waals surface area contributed by atoms with Gasteiger partial charge in [0.2, 0.25) is 5.91 Å². The Morgan fingerprint density at radius 3 is 2.37 bits per heavy atom. The van der Waals surface area contributed by atoms with Crippen molar-refractivity contribution >= 4 is 23.1 Å². The number of carbonyl (C=O) groups excluding carboxylic acids is 1. The normalized spacial score (nSPS) is 30.9. The van der Waals surface area contributed by atoms with Gasteiger partial charge in [-0.1, -0.05) is 31.5 Å². The second-order valence-corrected chi connectivity index (χ2v) is 6.77. The van der Waals surface area contributed by atoms with Gasteiger partial charge in [0.15, 0.2) is 0 Å². The Hall–Kier alpha value is -0.680. The highest BCUT2D eigenvalue weighted by atomic mass is 32.1. The standard InChI is InChI=1S/C14H24N2O2S/c1-13(18)6-5-9-16(10-13)12(17)14(11(15)19)7-3-2-4-8-14/h18H,2-10H2,1H3,(H2,15,19). The van der Waals surface area contributed by atoms with Crippen molar-refractivity contribution in [3.8, 4) is 0 Å². The van der Waals surface area contributed by atoms with Crippen molar-refractivity contribution < 1.29 is 9.90 Å². The summed E-state index contributed by atoms with van der Waals surface area (Å²) in [6.45, 7) is 2.90. The molecule has 5 heteroatoms. The molecule has 1 unspecified atom stereocenters. The first-order valence-corrected chi connectivity index (χ1v) is 7.60. The fraction of sp³-hybridized carbons (Fsp3) is 0.857. The molecule has 0 spiro atoms. The number of nitrogens with two attached hydrogens (primary N) is 1. The molecule has 19 heavy (non-hydrogen) atoms. The van der Waals surface area contributed by atoms with Crippen molar-refractivity contribution in [2.45, 2.75) is 57.5 Å². The summed E-state index contributed by atoms with van der Waals surface area (Å²) in [6.07, 6.45) is 6.28. The number of nitrogens with zero attached hydrogens (tertiary/aromatic N) is 1. The smallest absolute Gasteiger partial charge is 0.235 e. The minimum absolute atomic E-state index is 0.0414. The molecule has 0 radical (unpaired) electrons. The molecule has 0 bridgehead atoms. The van der Waals surface area contributed by atoms with E-state index in [1.165, 1.54) is 0 Å². The van der Waals surface area contributed by atoms with Crippen molar-refractivity contribution in [1.82, 2.24) is 4.90 Å². The highest BCUT2D eigenvalue weighted by Gasteiger charge is 2.46. The Bertz CT molecular complexity index is 376. The molecular formula is C14H24N2O2S. The fourth-order valence-electron chi connectivity index (χ4n) is 3.42. The van der Waals surface area contributed by atoms with E-state index in [9.17, 15) is 9.90 Å². The van der Waals surface area contributed by atoms with Gasteiger partial charge in [0.05, 0.1) is 16.0 Å². The molecule has 1 heterocycles. The molecule has 1 atom stereocenters. The molecule has 108 valence electrons. The van der Waals surface area contributed by atoms with E-state index in [0.29, 0.717) is 18.1 Å². The van der Waals surface area contributed by atoms with Crippen LogP contribution in [0.25, 0.3) is 0 Å². The Kier molecular flexibility index (Phi) is 4.16. The maximum atomic E-state index is 12.9. The lowest BCUT2D eigenvalue weighted by molar-refractivity contribution is -0.146. The van der Waals surface area contributed by atoms with Gasteiger partial charge in [0, 0.05) is 13.1 Å². The highest BCUT2D eigenvalue weighted by Crippen LogP contribution is 2.39. The predicted octanol–water partition coefficient (Wildman–Crippen LogP) is 1.60. The molecule has 3 N–H and O–H groups in total. The van der Waals surface area contributed by atoms with Crippen LogP contribution in [0, 0.1) is 5.41 Å². The zero-order valence-corrected chi connectivity index (χ0v) is 12.5. The number of carbonyl (C=O) groups is 1. The van der Waals surface area contributed by atoms with Crippen LogP contribution in [0.2, 0.25) is 0 Å².